The maximum absolute atomic E-state index is 13.6. The number of methoxy groups -OCH3 is 1. The minimum atomic E-state index is -4.48. The molecule has 0 spiro atoms. The van der Waals surface area contributed by atoms with Crippen molar-refractivity contribution in [1.82, 2.24) is 10.6 Å². The van der Waals surface area contributed by atoms with E-state index in [0.717, 1.165) is 26.7 Å². The number of nitriles is 1. The number of carbonyl (C=O) groups excluding carboxylic acids is 2. The SMILES string of the molecule is COc1cc(C#N)c(OC2CCC(C)(C(=O)O)CC2)cc1C(=O)NC1C2CCC(C2)C1C(=O)NCC(C)(C)C(F)(F)F. The molecule has 4 atom stereocenters. The lowest BCUT2D eigenvalue weighted by Crippen LogP contribution is -2.52. The van der Waals surface area contributed by atoms with Crippen LogP contribution in [0.5, 0.6) is 11.5 Å². The van der Waals surface area contributed by atoms with Crippen LogP contribution in [0.3, 0.4) is 0 Å². The number of nitrogens with one attached hydrogen (secondary N) is 2. The average molecular weight is 594 g/mol. The molecule has 9 nitrogen and oxygen atoms in total. The van der Waals surface area contributed by atoms with Crippen LogP contribution < -0.4 is 20.1 Å². The quantitative estimate of drug-likeness (QED) is 0.373. The summed E-state index contributed by atoms with van der Waals surface area (Å²) in [7, 11) is 1.36. The molecule has 0 aliphatic heterocycles. The molecule has 3 saturated carbocycles. The summed E-state index contributed by atoms with van der Waals surface area (Å²) >= 11 is 0. The Morgan fingerprint density at radius 2 is 1.74 bits per heavy atom. The standard InChI is InChI=1S/C30H38F3N3O6/c1-28(2,30(31,32)33)15-35-26(38)23-16-5-6-17(11-16)24(23)36-25(37)20-13-21(18(14-34)12-22(20)41-4)42-19-7-9-29(3,10-8-19)27(39)40/h12-13,16-17,19,23-24H,5-11,15H2,1-4H3,(H,35,38)(H,36,37)(H,39,40). The normalized spacial score (nSPS) is 29.0. The summed E-state index contributed by atoms with van der Waals surface area (Å²) in [6.45, 7) is 3.19. The number of alkyl halides is 3. The van der Waals surface area contributed by atoms with Crippen LogP contribution in [0, 0.1) is 39.9 Å². The first-order valence-corrected chi connectivity index (χ1v) is 14.3. The molecule has 3 N–H and O–H groups in total. The van der Waals surface area contributed by atoms with E-state index < -0.39 is 53.3 Å². The number of benzene rings is 1. The number of aliphatic carboxylic acids is 1. The Balaban J connectivity index is 1.51. The number of amides is 2. The van der Waals surface area contributed by atoms with Crippen molar-refractivity contribution in [3.63, 3.8) is 0 Å². The molecule has 1 aromatic rings. The summed E-state index contributed by atoms with van der Waals surface area (Å²) in [5.74, 6) is -2.31. The fourth-order valence-corrected chi connectivity index (χ4v) is 6.46. The van der Waals surface area contributed by atoms with Gasteiger partial charge in [0.15, 0.2) is 0 Å². The first-order valence-electron chi connectivity index (χ1n) is 14.3. The molecule has 4 unspecified atom stereocenters. The minimum Gasteiger partial charge on any atom is -0.496 e. The lowest BCUT2D eigenvalue weighted by Gasteiger charge is -2.34. The van der Waals surface area contributed by atoms with Crippen LogP contribution in [0.2, 0.25) is 0 Å². The summed E-state index contributed by atoms with van der Waals surface area (Å²) in [5, 5.41) is 24.7. The van der Waals surface area contributed by atoms with Gasteiger partial charge < -0.3 is 25.2 Å². The number of nitrogens with zero attached hydrogens (tertiary/aromatic N) is 1. The molecule has 0 radical (unpaired) electrons. The van der Waals surface area contributed by atoms with Gasteiger partial charge in [-0.05, 0) is 83.6 Å². The molecule has 230 valence electrons. The highest BCUT2D eigenvalue weighted by Gasteiger charge is 2.53. The fraction of sp³-hybridized carbons (Fsp3) is 0.667. The fourth-order valence-electron chi connectivity index (χ4n) is 6.46. The van der Waals surface area contributed by atoms with Gasteiger partial charge in [-0.2, -0.15) is 18.4 Å². The Morgan fingerprint density at radius 1 is 1.10 bits per heavy atom. The van der Waals surface area contributed by atoms with E-state index >= 15 is 0 Å². The van der Waals surface area contributed by atoms with Gasteiger partial charge in [0.25, 0.3) is 5.91 Å². The van der Waals surface area contributed by atoms with E-state index in [-0.39, 0.29) is 40.6 Å². The van der Waals surface area contributed by atoms with Crippen molar-refractivity contribution in [2.45, 2.75) is 84.0 Å². The van der Waals surface area contributed by atoms with Gasteiger partial charge >= 0.3 is 12.1 Å². The number of hydrogen-bond donors (Lipinski definition) is 3. The van der Waals surface area contributed by atoms with Gasteiger partial charge in [0.05, 0.1) is 41.1 Å². The van der Waals surface area contributed by atoms with E-state index in [2.05, 4.69) is 16.7 Å². The van der Waals surface area contributed by atoms with E-state index in [0.29, 0.717) is 32.1 Å². The molecule has 2 bridgehead atoms. The average Bonchev–Trinajstić information content (AvgIpc) is 3.54. The van der Waals surface area contributed by atoms with Crippen molar-refractivity contribution >= 4 is 17.8 Å². The van der Waals surface area contributed by atoms with E-state index in [1.807, 2.05) is 0 Å². The molecule has 12 heteroatoms. The zero-order valence-electron chi connectivity index (χ0n) is 24.3. The largest absolute Gasteiger partial charge is 0.496 e. The van der Waals surface area contributed by atoms with Gasteiger partial charge in [-0.15, -0.1) is 0 Å². The second-order valence-electron chi connectivity index (χ2n) is 12.8. The van der Waals surface area contributed by atoms with Crippen LogP contribution in [0.25, 0.3) is 0 Å². The number of carboxylic acids is 1. The number of halogens is 3. The highest BCUT2D eigenvalue weighted by molar-refractivity contribution is 5.98. The second-order valence-corrected chi connectivity index (χ2v) is 12.8. The molecule has 42 heavy (non-hydrogen) atoms. The van der Waals surface area contributed by atoms with Crippen LogP contribution >= 0.6 is 0 Å². The van der Waals surface area contributed by atoms with Gasteiger partial charge in [0.1, 0.15) is 17.6 Å². The molecular weight excluding hydrogens is 555 g/mol. The topological polar surface area (TPSA) is 138 Å². The third-order valence-electron chi connectivity index (χ3n) is 9.50. The highest BCUT2D eigenvalue weighted by Crippen LogP contribution is 2.49. The van der Waals surface area contributed by atoms with Crippen molar-refractivity contribution < 1.29 is 42.1 Å². The van der Waals surface area contributed by atoms with Crippen LogP contribution in [0.15, 0.2) is 12.1 Å². The molecule has 3 fully saturated rings. The van der Waals surface area contributed by atoms with Crippen LogP contribution in [-0.2, 0) is 9.59 Å². The van der Waals surface area contributed by atoms with Gasteiger partial charge in [-0.1, -0.05) is 0 Å². The molecule has 1 aromatic carbocycles. The van der Waals surface area contributed by atoms with E-state index in [1.165, 1.54) is 19.2 Å². The zero-order valence-corrected chi connectivity index (χ0v) is 24.3. The van der Waals surface area contributed by atoms with Crippen LogP contribution in [0.4, 0.5) is 13.2 Å². The molecule has 3 aliphatic carbocycles. The zero-order chi connectivity index (χ0) is 31.0. The Bertz CT molecular complexity index is 1270. The summed E-state index contributed by atoms with van der Waals surface area (Å²) < 4.78 is 51.5. The van der Waals surface area contributed by atoms with Crippen molar-refractivity contribution in [3.05, 3.63) is 23.3 Å². The van der Waals surface area contributed by atoms with E-state index in [4.69, 9.17) is 9.47 Å². The molecular formula is C30H38F3N3O6. The van der Waals surface area contributed by atoms with Crippen molar-refractivity contribution in [2.24, 2.45) is 28.6 Å². The van der Waals surface area contributed by atoms with Gasteiger partial charge in [0, 0.05) is 18.7 Å². The van der Waals surface area contributed by atoms with Crippen LogP contribution in [0.1, 0.15) is 81.6 Å². The predicted molar refractivity (Wildman–Crippen MR) is 145 cm³/mol. The summed E-state index contributed by atoms with van der Waals surface area (Å²) in [5.41, 5.74) is -2.69. The molecule has 0 saturated heterocycles. The molecule has 0 heterocycles. The number of ether oxygens (including phenoxy) is 2. The number of rotatable bonds is 9. The Morgan fingerprint density at radius 3 is 2.31 bits per heavy atom. The smallest absolute Gasteiger partial charge is 0.395 e. The van der Waals surface area contributed by atoms with E-state index in [1.54, 1.807) is 6.92 Å². The van der Waals surface area contributed by atoms with Crippen LogP contribution in [-0.4, -0.2) is 54.9 Å². The van der Waals surface area contributed by atoms with Gasteiger partial charge in [-0.3, -0.25) is 14.4 Å². The molecule has 2 amide bonds. The summed E-state index contributed by atoms with van der Waals surface area (Å²) in [4.78, 5) is 38.4. The van der Waals surface area contributed by atoms with Crippen molar-refractivity contribution in [1.29, 1.82) is 5.26 Å². The van der Waals surface area contributed by atoms with Crippen molar-refractivity contribution in [2.75, 3.05) is 13.7 Å². The lowest BCUT2D eigenvalue weighted by atomic mass is 9.75. The first-order chi connectivity index (χ1) is 19.6. The molecule has 0 aromatic heterocycles. The molecule has 4 rings (SSSR count). The highest BCUT2D eigenvalue weighted by atomic mass is 19.4. The third-order valence-corrected chi connectivity index (χ3v) is 9.50. The predicted octanol–water partition coefficient (Wildman–Crippen LogP) is 4.83. The maximum atomic E-state index is 13.6. The Kier molecular flexibility index (Phi) is 8.72. The minimum absolute atomic E-state index is 0.0104. The van der Waals surface area contributed by atoms with Crippen molar-refractivity contribution in [3.8, 4) is 17.6 Å². The number of carbonyl (C=O) groups is 3. The third kappa shape index (κ3) is 6.15. The lowest BCUT2D eigenvalue weighted by molar-refractivity contribution is -0.209. The second kappa shape index (κ2) is 11.7. The van der Waals surface area contributed by atoms with Gasteiger partial charge in [-0.25, -0.2) is 0 Å². The Labute approximate surface area is 243 Å². The number of fused-ring (bicyclic) bond motifs is 2. The van der Waals surface area contributed by atoms with E-state index in [9.17, 15) is 37.9 Å². The molecule has 3 aliphatic rings. The van der Waals surface area contributed by atoms with Gasteiger partial charge in [0.2, 0.25) is 5.91 Å². The summed E-state index contributed by atoms with van der Waals surface area (Å²) in [6, 6.07) is 4.31. The Hall–Kier alpha value is -3.49. The maximum Gasteiger partial charge on any atom is 0.395 e. The monoisotopic (exact) mass is 593 g/mol. The summed E-state index contributed by atoms with van der Waals surface area (Å²) in [6.07, 6.45) is -0.819. The first kappa shape index (κ1) is 31.4. The number of carboxylic acid groups (broad SMARTS) is 1. The number of hydrogen-bond acceptors (Lipinski definition) is 6.